The molecule has 1 fully saturated rings. The van der Waals surface area contributed by atoms with E-state index in [-0.39, 0.29) is 24.6 Å². The number of carbonyl (C=O) groups is 2. The molecule has 0 saturated heterocycles. The van der Waals surface area contributed by atoms with E-state index < -0.39 is 6.04 Å². The summed E-state index contributed by atoms with van der Waals surface area (Å²) in [4.78, 5) is 36.3. The van der Waals surface area contributed by atoms with Gasteiger partial charge in [-0.1, -0.05) is 12.5 Å². The Morgan fingerprint density at radius 2 is 2.03 bits per heavy atom. The van der Waals surface area contributed by atoms with Gasteiger partial charge in [0.15, 0.2) is 6.61 Å². The number of rotatable bonds is 5. The lowest BCUT2D eigenvalue weighted by Crippen LogP contribution is -2.49. The first-order chi connectivity index (χ1) is 16.1. The number of benzene rings is 1. The summed E-state index contributed by atoms with van der Waals surface area (Å²) in [5.41, 5.74) is 2.98. The van der Waals surface area contributed by atoms with E-state index in [1.54, 1.807) is 13.1 Å². The Morgan fingerprint density at radius 1 is 1.18 bits per heavy atom. The maximum Gasteiger partial charge on any atom is 0.329 e. The Hall–Kier alpha value is -3.26. The molecule has 0 radical (unpaired) electrons. The van der Waals surface area contributed by atoms with Gasteiger partial charge in [0.05, 0.1) is 17.1 Å². The third kappa shape index (κ3) is 4.48. The number of hydrogen-bond donors (Lipinski definition) is 0. The predicted molar refractivity (Wildman–Crippen MR) is 126 cm³/mol. The van der Waals surface area contributed by atoms with Crippen LogP contribution >= 0.6 is 11.3 Å². The molecule has 1 aromatic carbocycles. The van der Waals surface area contributed by atoms with Crippen LogP contribution in [-0.2, 0) is 14.3 Å². The normalized spacial score (nSPS) is 17.2. The van der Waals surface area contributed by atoms with E-state index in [0.29, 0.717) is 11.4 Å². The number of anilines is 1. The van der Waals surface area contributed by atoms with Gasteiger partial charge in [-0.25, -0.2) is 9.78 Å². The van der Waals surface area contributed by atoms with Crippen LogP contribution in [0.1, 0.15) is 39.0 Å². The number of amides is 1. The highest BCUT2D eigenvalue weighted by molar-refractivity contribution is 7.13. The number of hydrogen-bond acceptors (Lipinski definition) is 7. The van der Waals surface area contributed by atoms with Gasteiger partial charge in [-0.05, 0) is 62.9 Å². The largest absolute Gasteiger partial charge is 0.482 e. The average Bonchev–Trinajstić information content (AvgIpc) is 3.35. The standard InChI is InChI=1S/C25H25N3O4S/c1-16(25(30)32-18-7-3-2-4-8-18)28-21-13-17(10-11-22(21)31-14-23(28)29)20-15-33-24(27-20)19-9-5-6-12-26-19/h5-6,9-13,15-16,18H,2-4,7-8,14H2,1H3. The number of pyridine rings is 1. The van der Waals surface area contributed by atoms with E-state index in [0.717, 1.165) is 47.6 Å². The van der Waals surface area contributed by atoms with Crippen molar-refractivity contribution < 1.29 is 19.1 Å². The smallest absolute Gasteiger partial charge is 0.329 e. The minimum atomic E-state index is -0.739. The van der Waals surface area contributed by atoms with Gasteiger partial charge < -0.3 is 9.47 Å². The average molecular weight is 464 g/mol. The third-order valence-corrected chi connectivity index (χ3v) is 6.95. The molecule has 1 saturated carbocycles. The number of nitrogens with zero attached hydrogens (tertiary/aromatic N) is 3. The van der Waals surface area contributed by atoms with Crippen LogP contribution in [0.3, 0.4) is 0 Å². The molecule has 8 heteroatoms. The summed E-state index contributed by atoms with van der Waals surface area (Å²) in [6.07, 6.45) is 6.78. The lowest BCUT2D eigenvalue weighted by atomic mass is 9.98. The van der Waals surface area contributed by atoms with Gasteiger partial charge in [-0.2, -0.15) is 0 Å². The predicted octanol–water partition coefficient (Wildman–Crippen LogP) is 4.86. The highest BCUT2D eigenvalue weighted by Gasteiger charge is 2.35. The molecular formula is C25H25N3O4S. The first-order valence-corrected chi connectivity index (χ1v) is 12.1. The fourth-order valence-electron chi connectivity index (χ4n) is 4.32. The zero-order valence-electron chi connectivity index (χ0n) is 18.4. The van der Waals surface area contributed by atoms with Gasteiger partial charge in [0.25, 0.3) is 5.91 Å². The van der Waals surface area contributed by atoms with Gasteiger partial charge in [-0.15, -0.1) is 11.3 Å². The van der Waals surface area contributed by atoms with Gasteiger partial charge >= 0.3 is 5.97 Å². The Bertz CT molecular complexity index is 1160. The van der Waals surface area contributed by atoms with E-state index >= 15 is 0 Å². The number of carbonyl (C=O) groups excluding carboxylic acids is 2. The lowest BCUT2D eigenvalue weighted by Gasteiger charge is -2.34. The van der Waals surface area contributed by atoms with Crippen LogP contribution in [-0.4, -0.2) is 40.6 Å². The topological polar surface area (TPSA) is 81.6 Å². The number of aromatic nitrogens is 2. The van der Waals surface area contributed by atoms with E-state index in [1.807, 2.05) is 41.8 Å². The molecule has 1 atom stereocenters. The molecular weight excluding hydrogens is 438 g/mol. The number of ether oxygens (including phenoxy) is 2. The first-order valence-electron chi connectivity index (χ1n) is 11.3. The molecule has 0 bridgehead atoms. The molecule has 2 aliphatic rings. The SMILES string of the molecule is CC(C(=O)OC1CCCCC1)N1C(=O)COc2ccc(-c3csc(-c4ccccn4)n3)cc21. The van der Waals surface area contributed by atoms with E-state index in [1.165, 1.54) is 22.7 Å². The molecule has 2 aromatic heterocycles. The second-order valence-corrected chi connectivity index (χ2v) is 9.22. The number of esters is 1. The molecule has 1 aliphatic carbocycles. The fraction of sp³-hybridized carbons (Fsp3) is 0.360. The van der Waals surface area contributed by atoms with Crippen molar-refractivity contribution in [2.75, 3.05) is 11.5 Å². The third-order valence-electron chi connectivity index (χ3n) is 6.09. The van der Waals surface area contributed by atoms with Crippen LogP contribution in [0.15, 0.2) is 48.0 Å². The Labute approximate surface area is 196 Å². The van der Waals surface area contributed by atoms with Crippen molar-refractivity contribution in [1.82, 2.24) is 9.97 Å². The fourth-order valence-corrected chi connectivity index (χ4v) is 5.12. The Kier molecular flexibility index (Phi) is 6.09. The summed E-state index contributed by atoms with van der Waals surface area (Å²) >= 11 is 1.51. The zero-order chi connectivity index (χ0) is 22.8. The summed E-state index contributed by atoms with van der Waals surface area (Å²) in [6.45, 7) is 1.61. The highest BCUT2D eigenvalue weighted by atomic mass is 32.1. The van der Waals surface area contributed by atoms with Crippen molar-refractivity contribution in [3.8, 4) is 27.7 Å². The molecule has 1 amide bonds. The second kappa shape index (κ2) is 9.31. The van der Waals surface area contributed by atoms with Crippen LogP contribution in [0.4, 0.5) is 5.69 Å². The molecule has 5 rings (SSSR count). The number of fused-ring (bicyclic) bond motifs is 1. The molecule has 0 spiro atoms. The molecule has 1 unspecified atom stereocenters. The van der Waals surface area contributed by atoms with Gasteiger partial charge in [0.2, 0.25) is 0 Å². The number of thiazole rings is 1. The van der Waals surface area contributed by atoms with Crippen LogP contribution in [0.25, 0.3) is 22.0 Å². The molecule has 0 N–H and O–H groups in total. The molecule has 3 heterocycles. The van der Waals surface area contributed by atoms with Gasteiger partial charge in [0.1, 0.15) is 22.9 Å². The van der Waals surface area contributed by atoms with Crippen molar-refractivity contribution in [3.63, 3.8) is 0 Å². The van der Waals surface area contributed by atoms with Crippen LogP contribution in [0, 0.1) is 0 Å². The summed E-state index contributed by atoms with van der Waals surface area (Å²) in [5, 5.41) is 2.78. The zero-order valence-corrected chi connectivity index (χ0v) is 19.2. The quantitative estimate of drug-likeness (QED) is 0.503. The maximum atomic E-state index is 12.9. The van der Waals surface area contributed by atoms with E-state index in [2.05, 4.69) is 4.98 Å². The summed E-state index contributed by atoms with van der Waals surface area (Å²) in [6, 6.07) is 10.6. The van der Waals surface area contributed by atoms with Crippen molar-refractivity contribution in [2.24, 2.45) is 0 Å². The minimum absolute atomic E-state index is 0.0596. The lowest BCUT2D eigenvalue weighted by molar-refractivity contribution is -0.152. The van der Waals surface area contributed by atoms with Crippen LogP contribution in [0.5, 0.6) is 5.75 Å². The van der Waals surface area contributed by atoms with Crippen molar-refractivity contribution in [1.29, 1.82) is 0 Å². The van der Waals surface area contributed by atoms with Gasteiger partial charge in [-0.3, -0.25) is 14.7 Å². The molecule has 1 aliphatic heterocycles. The molecule has 33 heavy (non-hydrogen) atoms. The first kappa shape index (κ1) is 21.6. The summed E-state index contributed by atoms with van der Waals surface area (Å²) < 4.78 is 11.4. The van der Waals surface area contributed by atoms with E-state index in [9.17, 15) is 9.59 Å². The second-order valence-electron chi connectivity index (χ2n) is 8.36. The molecule has 3 aromatic rings. The van der Waals surface area contributed by atoms with Crippen molar-refractivity contribution >= 4 is 28.9 Å². The highest BCUT2D eigenvalue weighted by Crippen LogP contribution is 2.38. The van der Waals surface area contributed by atoms with E-state index in [4.69, 9.17) is 14.5 Å². The Morgan fingerprint density at radius 3 is 2.82 bits per heavy atom. The monoisotopic (exact) mass is 463 g/mol. The van der Waals surface area contributed by atoms with Gasteiger partial charge in [0, 0.05) is 17.1 Å². The van der Waals surface area contributed by atoms with Crippen LogP contribution in [0.2, 0.25) is 0 Å². The molecule has 170 valence electrons. The van der Waals surface area contributed by atoms with Crippen LogP contribution < -0.4 is 9.64 Å². The summed E-state index contributed by atoms with van der Waals surface area (Å²) in [5.74, 6) is -0.0735. The maximum absolute atomic E-state index is 12.9. The summed E-state index contributed by atoms with van der Waals surface area (Å²) in [7, 11) is 0. The minimum Gasteiger partial charge on any atom is -0.482 e. The Balaban J connectivity index is 1.41. The van der Waals surface area contributed by atoms with Crippen molar-refractivity contribution in [3.05, 3.63) is 48.0 Å². The molecule has 7 nitrogen and oxygen atoms in total. The van der Waals surface area contributed by atoms with Crippen molar-refractivity contribution in [2.45, 2.75) is 51.2 Å².